The molecule has 0 amide bonds. The number of anilines is 2. The molecular weight excluding hydrogens is 450 g/mol. The van der Waals surface area contributed by atoms with Crippen molar-refractivity contribution >= 4 is 50.4 Å². The summed E-state index contributed by atoms with van der Waals surface area (Å²) in [6.07, 6.45) is 2.80. The monoisotopic (exact) mass is 464 g/mol. The van der Waals surface area contributed by atoms with Crippen molar-refractivity contribution in [3.05, 3.63) is 62.7 Å². The van der Waals surface area contributed by atoms with Crippen LogP contribution in [0.1, 0.15) is 11.3 Å². The highest BCUT2D eigenvalue weighted by Crippen LogP contribution is 2.36. The molecule has 0 spiro atoms. The molecule has 0 bridgehead atoms. The fourth-order valence-electron chi connectivity index (χ4n) is 2.78. The first kappa shape index (κ1) is 16.5. The standard InChI is InChI=1S/C18H14FIN4S/c1-10-4-3-5-14(20)15(10)22-17-16(12-6-7-21-8-13(12)19)23-18-24(17)11(2)9-25-18/h3-9,22H,1-2H3. The van der Waals surface area contributed by atoms with E-state index in [9.17, 15) is 4.39 Å². The number of aryl methyl sites for hydroxylation is 2. The van der Waals surface area contributed by atoms with Gasteiger partial charge >= 0.3 is 0 Å². The Morgan fingerprint density at radius 2 is 2.08 bits per heavy atom. The Labute approximate surface area is 161 Å². The smallest absolute Gasteiger partial charge is 0.196 e. The van der Waals surface area contributed by atoms with Crippen LogP contribution < -0.4 is 5.32 Å². The lowest BCUT2D eigenvalue weighted by Crippen LogP contribution is -2.01. The van der Waals surface area contributed by atoms with Crippen molar-refractivity contribution in [3.8, 4) is 11.3 Å². The Morgan fingerprint density at radius 3 is 2.84 bits per heavy atom. The molecule has 0 unspecified atom stereocenters. The fraction of sp³-hybridized carbons (Fsp3) is 0.111. The minimum Gasteiger partial charge on any atom is -0.338 e. The number of hydrogen-bond donors (Lipinski definition) is 1. The number of rotatable bonds is 3. The topological polar surface area (TPSA) is 42.2 Å². The quantitative estimate of drug-likeness (QED) is 0.404. The molecule has 3 aromatic heterocycles. The summed E-state index contributed by atoms with van der Waals surface area (Å²) in [5.41, 5.74) is 4.21. The zero-order chi connectivity index (χ0) is 17.6. The molecule has 0 radical (unpaired) electrons. The molecule has 4 rings (SSSR count). The number of para-hydroxylation sites is 1. The molecule has 0 fully saturated rings. The second-order valence-corrected chi connectivity index (χ2v) is 7.72. The van der Waals surface area contributed by atoms with E-state index in [4.69, 9.17) is 0 Å². The van der Waals surface area contributed by atoms with E-state index >= 15 is 0 Å². The first-order valence-corrected chi connectivity index (χ1v) is 9.60. The minimum atomic E-state index is -0.381. The lowest BCUT2D eigenvalue weighted by molar-refractivity contribution is 0.624. The fourth-order valence-corrected chi connectivity index (χ4v) is 4.41. The lowest BCUT2D eigenvalue weighted by Gasteiger charge is -2.13. The minimum absolute atomic E-state index is 0.381. The molecule has 4 aromatic rings. The van der Waals surface area contributed by atoms with Crippen molar-refractivity contribution in [1.82, 2.24) is 14.4 Å². The maximum atomic E-state index is 14.4. The first-order valence-electron chi connectivity index (χ1n) is 7.65. The first-order chi connectivity index (χ1) is 12.1. The number of nitrogens with one attached hydrogen (secondary N) is 1. The number of hydrogen-bond acceptors (Lipinski definition) is 4. The highest BCUT2D eigenvalue weighted by atomic mass is 127. The van der Waals surface area contributed by atoms with Crippen LogP contribution in [0.25, 0.3) is 16.2 Å². The van der Waals surface area contributed by atoms with Crippen LogP contribution in [0.15, 0.2) is 42.0 Å². The molecular formula is C18H14FIN4S. The van der Waals surface area contributed by atoms with E-state index in [0.29, 0.717) is 11.3 Å². The van der Waals surface area contributed by atoms with Crippen molar-refractivity contribution in [2.24, 2.45) is 0 Å². The molecule has 1 aromatic carbocycles. The molecule has 7 heteroatoms. The van der Waals surface area contributed by atoms with Gasteiger partial charge in [-0.2, -0.15) is 0 Å². The Bertz CT molecular complexity index is 1070. The Balaban J connectivity index is 1.97. The van der Waals surface area contributed by atoms with Gasteiger partial charge in [-0.25, -0.2) is 9.37 Å². The van der Waals surface area contributed by atoms with Crippen molar-refractivity contribution in [2.45, 2.75) is 13.8 Å². The van der Waals surface area contributed by atoms with Crippen molar-refractivity contribution < 1.29 is 4.39 Å². The number of thiazole rings is 1. The van der Waals surface area contributed by atoms with E-state index < -0.39 is 0 Å². The molecule has 4 nitrogen and oxygen atoms in total. The van der Waals surface area contributed by atoms with Gasteiger partial charge in [0.15, 0.2) is 10.8 Å². The average Bonchev–Trinajstić information content (AvgIpc) is 3.12. The Kier molecular flexibility index (Phi) is 4.20. The van der Waals surface area contributed by atoms with Gasteiger partial charge in [-0.15, -0.1) is 11.3 Å². The summed E-state index contributed by atoms with van der Waals surface area (Å²) in [7, 11) is 0. The summed E-state index contributed by atoms with van der Waals surface area (Å²) in [6.45, 7) is 4.07. The van der Waals surface area contributed by atoms with Crippen LogP contribution >= 0.6 is 33.9 Å². The van der Waals surface area contributed by atoms with Gasteiger partial charge in [-0.05, 0) is 54.1 Å². The Morgan fingerprint density at radius 1 is 1.24 bits per heavy atom. The second kappa shape index (κ2) is 6.38. The summed E-state index contributed by atoms with van der Waals surface area (Å²) < 4.78 is 17.5. The molecule has 25 heavy (non-hydrogen) atoms. The number of fused-ring (bicyclic) bond motifs is 1. The third kappa shape index (κ3) is 2.81. The summed E-state index contributed by atoms with van der Waals surface area (Å²) in [5, 5.41) is 5.54. The van der Waals surface area contributed by atoms with E-state index in [0.717, 1.165) is 31.3 Å². The van der Waals surface area contributed by atoms with Gasteiger partial charge in [-0.3, -0.25) is 9.38 Å². The van der Waals surface area contributed by atoms with Crippen LogP contribution in [-0.4, -0.2) is 14.4 Å². The predicted molar refractivity (Wildman–Crippen MR) is 108 cm³/mol. The lowest BCUT2D eigenvalue weighted by atomic mass is 10.1. The Hall–Kier alpha value is -2.00. The molecule has 0 saturated heterocycles. The van der Waals surface area contributed by atoms with E-state index in [1.165, 1.54) is 6.20 Å². The molecule has 0 atom stereocenters. The summed E-state index contributed by atoms with van der Waals surface area (Å²) in [6, 6.07) is 7.77. The maximum Gasteiger partial charge on any atom is 0.196 e. The zero-order valence-electron chi connectivity index (χ0n) is 13.5. The highest BCUT2D eigenvalue weighted by molar-refractivity contribution is 14.1. The van der Waals surface area contributed by atoms with Crippen LogP contribution in [0.5, 0.6) is 0 Å². The second-order valence-electron chi connectivity index (χ2n) is 5.72. The van der Waals surface area contributed by atoms with Crippen LogP contribution in [0.2, 0.25) is 0 Å². The molecule has 0 aliphatic heterocycles. The molecule has 0 saturated carbocycles. The van der Waals surface area contributed by atoms with Gasteiger partial charge in [0, 0.05) is 26.4 Å². The number of nitrogens with zero attached hydrogens (tertiary/aromatic N) is 3. The van der Waals surface area contributed by atoms with Crippen LogP contribution in [0, 0.1) is 23.2 Å². The van der Waals surface area contributed by atoms with Gasteiger partial charge in [0.25, 0.3) is 0 Å². The van der Waals surface area contributed by atoms with Crippen molar-refractivity contribution in [3.63, 3.8) is 0 Å². The van der Waals surface area contributed by atoms with Gasteiger partial charge in [0.2, 0.25) is 0 Å². The molecule has 3 heterocycles. The normalized spacial score (nSPS) is 11.2. The SMILES string of the molecule is Cc1cccc(I)c1Nc1c(-c2ccncc2F)nc2scc(C)n12. The number of imidazole rings is 1. The number of pyridine rings is 1. The van der Waals surface area contributed by atoms with Gasteiger partial charge < -0.3 is 5.32 Å². The third-order valence-corrected chi connectivity index (χ3v) is 5.87. The predicted octanol–water partition coefficient (Wildman–Crippen LogP) is 5.56. The molecule has 1 N–H and O–H groups in total. The highest BCUT2D eigenvalue weighted by Gasteiger charge is 2.20. The third-order valence-electron chi connectivity index (χ3n) is 4.03. The van der Waals surface area contributed by atoms with Gasteiger partial charge in [0.1, 0.15) is 11.5 Å². The summed E-state index contributed by atoms with van der Waals surface area (Å²) in [5.74, 6) is 0.388. The maximum absolute atomic E-state index is 14.4. The number of halogens is 2. The molecule has 0 aliphatic carbocycles. The van der Waals surface area contributed by atoms with E-state index in [1.54, 1.807) is 23.6 Å². The van der Waals surface area contributed by atoms with Crippen LogP contribution in [-0.2, 0) is 0 Å². The molecule has 0 aliphatic rings. The summed E-state index contributed by atoms with van der Waals surface area (Å²) in [4.78, 5) is 9.34. The van der Waals surface area contributed by atoms with Crippen LogP contribution in [0.4, 0.5) is 15.9 Å². The van der Waals surface area contributed by atoms with Crippen LogP contribution in [0.3, 0.4) is 0 Å². The number of benzene rings is 1. The zero-order valence-corrected chi connectivity index (χ0v) is 16.5. The van der Waals surface area contributed by atoms with E-state index in [-0.39, 0.29) is 5.82 Å². The van der Waals surface area contributed by atoms with Gasteiger partial charge in [0.05, 0.1) is 11.9 Å². The number of aromatic nitrogens is 3. The van der Waals surface area contributed by atoms with E-state index in [2.05, 4.69) is 50.9 Å². The largest absolute Gasteiger partial charge is 0.338 e. The van der Waals surface area contributed by atoms with Crippen molar-refractivity contribution in [1.29, 1.82) is 0 Å². The van der Waals surface area contributed by atoms with E-state index in [1.807, 2.05) is 28.8 Å². The average molecular weight is 464 g/mol. The van der Waals surface area contributed by atoms with Gasteiger partial charge in [-0.1, -0.05) is 12.1 Å². The summed E-state index contributed by atoms with van der Waals surface area (Å²) >= 11 is 3.84. The molecule has 126 valence electrons. The van der Waals surface area contributed by atoms with Crippen molar-refractivity contribution in [2.75, 3.05) is 5.32 Å².